The van der Waals surface area contributed by atoms with E-state index in [1.807, 2.05) is 6.07 Å². The Balaban J connectivity index is 2.00. The van der Waals surface area contributed by atoms with E-state index in [1.165, 1.54) is 16.9 Å². The first-order chi connectivity index (χ1) is 8.78. The Hall–Kier alpha value is -1.51. The zero-order valence-corrected chi connectivity index (χ0v) is 10.8. The Morgan fingerprint density at radius 1 is 1.17 bits per heavy atom. The van der Waals surface area contributed by atoms with Crippen LogP contribution in [0.1, 0.15) is 11.1 Å². The molecule has 2 aromatic rings. The maximum atomic E-state index is 6.03. The van der Waals surface area contributed by atoms with E-state index in [1.54, 1.807) is 0 Å². The van der Waals surface area contributed by atoms with E-state index in [4.69, 9.17) is 17.3 Å². The van der Waals surface area contributed by atoms with Crippen LogP contribution in [-0.4, -0.2) is 6.54 Å². The van der Waals surface area contributed by atoms with Gasteiger partial charge in [-0.2, -0.15) is 0 Å². The van der Waals surface area contributed by atoms with Crippen LogP contribution in [-0.2, 0) is 13.0 Å². The summed E-state index contributed by atoms with van der Waals surface area (Å²) in [6, 6.07) is 14.5. The van der Waals surface area contributed by atoms with E-state index in [9.17, 15) is 0 Å². The zero-order valence-electron chi connectivity index (χ0n) is 10.1. The van der Waals surface area contributed by atoms with Crippen molar-refractivity contribution in [3.05, 3.63) is 58.6 Å². The van der Waals surface area contributed by atoms with Gasteiger partial charge in [0.05, 0.1) is 0 Å². The molecule has 0 unspecified atom stereocenters. The van der Waals surface area contributed by atoms with Crippen molar-refractivity contribution in [2.24, 2.45) is 5.73 Å². The molecule has 18 heavy (non-hydrogen) atoms. The third-order valence-corrected chi connectivity index (χ3v) is 3.63. The fraction of sp³-hybridized carbons (Fsp3) is 0.200. The minimum atomic E-state index is 0.579. The van der Waals surface area contributed by atoms with Crippen molar-refractivity contribution >= 4 is 23.0 Å². The van der Waals surface area contributed by atoms with Crippen LogP contribution in [0.3, 0.4) is 0 Å². The van der Waals surface area contributed by atoms with Crippen molar-refractivity contribution < 1.29 is 0 Å². The molecule has 2 N–H and O–H groups in total. The second-order valence-electron chi connectivity index (χ2n) is 4.55. The van der Waals surface area contributed by atoms with Crippen LogP contribution < -0.4 is 10.6 Å². The summed E-state index contributed by atoms with van der Waals surface area (Å²) in [6.45, 7) is 1.58. The van der Waals surface area contributed by atoms with Gasteiger partial charge in [0.15, 0.2) is 0 Å². The number of hydrogen-bond donors (Lipinski definition) is 1. The van der Waals surface area contributed by atoms with Gasteiger partial charge in [-0.15, -0.1) is 0 Å². The van der Waals surface area contributed by atoms with Gasteiger partial charge in [0.25, 0.3) is 0 Å². The van der Waals surface area contributed by atoms with Gasteiger partial charge in [-0.3, -0.25) is 0 Å². The van der Waals surface area contributed by atoms with Crippen LogP contribution in [0, 0.1) is 0 Å². The van der Waals surface area contributed by atoms with Gasteiger partial charge < -0.3 is 10.6 Å². The Morgan fingerprint density at radius 3 is 2.89 bits per heavy atom. The average molecular weight is 259 g/mol. The van der Waals surface area contributed by atoms with Gasteiger partial charge >= 0.3 is 0 Å². The standard InChI is InChI=1S/C15H15ClN2/c16-13-4-5-15-12(9-13)6-7-18(15)14-3-1-2-11(8-14)10-17/h1-5,8-9H,6-7,10,17H2. The molecule has 92 valence electrons. The molecule has 0 saturated heterocycles. The molecule has 0 bridgehead atoms. The minimum absolute atomic E-state index is 0.579. The first-order valence-electron chi connectivity index (χ1n) is 6.13. The van der Waals surface area contributed by atoms with Gasteiger partial charge in [-0.25, -0.2) is 0 Å². The van der Waals surface area contributed by atoms with Crippen LogP contribution in [0.25, 0.3) is 0 Å². The summed E-state index contributed by atoms with van der Waals surface area (Å²) < 4.78 is 0. The normalized spacial score (nSPS) is 13.8. The Kier molecular flexibility index (Phi) is 2.98. The molecule has 1 aliphatic heterocycles. The summed E-state index contributed by atoms with van der Waals surface area (Å²) in [5.74, 6) is 0. The summed E-state index contributed by atoms with van der Waals surface area (Å²) in [5.41, 5.74) is 10.6. The van der Waals surface area contributed by atoms with Crippen LogP contribution >= 0.6 is 11.6 Å². The second kappa shape index (κ2) is 4.63. The van der Waals surface area contributed by atoms with Crippen molar-refractivity contribution in [2.45, 2.75) is 13.0 Å². The van der Waals surface area contributed by atoms with Gasteiger partial charge in [0, 0.05) is 29.5 Å². The van der Waals surface area contributed by atoms with Gasteiger partial charge in [-0.1, -0.05) is 23.7 Å². The number of halogens is 1. The van der Waals surface area contributed by atoms with Crippen LogP contribution in [0.2, 0.25) is 5.02 Å². The molecule has 1 aliphatic rings. The Labute approximate surface area is 112 Å². The maximum absolute atomic E-state index is 6.03. The molecule has 2 nitrogen and oxygen atoms in total. The van der Waals surface area contributed by atoms with E-state index in [0.717, 1.165) is 23.6 Å². The third-order valence-electron chi connectivity index (χ3n) is 3.40. The van der Waals surface area contributed by atoms with Gasteiger partial charge in [0.1, 0.15) is 0 Å². The predicted octanol–water partition coefficient (Wildman–Crippen LogP) is 3.49. The molecule has 0 amide bonds. The van der Waals surface area contributed by atoms with E-state index >= 15 is 0 Å². The molecule has 0 fully saturated rings. The Morgan fingerprint density at radius 2 is 2.06 bits per heavy atom. The molecule has 0 radical (unpaired) electrons. The molecule has 0 spiro atoms. The van der Waals surface area contributed by atoms with Crippen LogP contribution in [0.15, 0.2) is 42.5 Å². The molecule has 3 rings (SSSR count). The molecule has 0 aromatic heterocycles. The van der Waals surface area contributed by atoms with E-state index in [0.29, 0.717) is 6.54 Å². The number of hydrogen-bond acceptors (Lipinski definition) is 2. The third kappa shape index (κ3) is 1.98. The lowest BCUT2D eigenvalue weighted by atomic mass is 10.1. The zero-order chi connectivity index (χ0) is 12.5. The van der Waals surface area contributed by atoms with Crippen molar-refractivity contribution in [1.82, 2.24) is 0 Å². The quantitative estimate of drug-likeness (QED) is 0.893. The van der Waals surface area contributed by atoms with Crippen molar-refractivity contribution in [3.8, 4) is 0 Å². The molecular formula is C15H15ClN2. The predicted molar refractivity (Wildman–Crippen MR) is 76.5 cm³/mol. The van der Waals surface area contributed by atoms with Crippen molar-refractivity contribution in [2.75, 3.05) is 11.4 Å². The molecule has 0 atom stereocenters. The largest absolute Gasteiger partial charge is 0.341 e. The first kappa shape index (κ1) is 11.6. The fourth-order valence-electron chi connectivity index (χ4n) is 2.49. The Bertz CT molecular complexity index is 580. The van der Waals surface area contributed by atoms with E-state index in [-0.39, 0.29) is 0 Å². The summed E-state index contributed by atoms with van der Waals surface area (Å²) in [5, 5.41) is 0.811. The highest BCUT2D eigenvalue weighted by Gasteiger charge is 2.20. The monoisotopic (exact) mass is 258 g/mol. The fourth-order valence-corrected chi connectivity index (χ4v) is 2.68. The summed E-state index contributed by atoms with van der Waals surface area (Å²) in [7, 11) is 0. The summed E-state index contributed by atoms with van der Waals surface area (Å²) >= 11 is 6.03. The molecule has 3 heteroatoms. The average Bonchev–Trinajstić information content (AvgIpc) is 2.81. The van der Waals surface area contributed by atoms with E-state index in [2.05, 4.69) is 41.3 Å². The highest BCUT2D eigenvalue weighted by molar-refractivity contribution is 6.30. The highest BCUT2D eigenvalue weighted by Crippen LogP contribution is 2.36. The summed E-state index contributed by atoms with van der Waals surface area (Å²) in [6.07, 6.45) is 1.04. The number of anilines is 2. The first-order valence-corrected chi connectivity index (χ1v) is 6.51. The highest BCUT2D eigenvalue weighted by atomic mass is 35.5. The number of rotatable bonds is 2. The molecular weight excluding hydrogens is 244 g/mol. The topological polar surface area (TPSA) is 29.3 Å². The molecule has 0 saturated carbocycles. The van der Waals surface area contributed by atoms with Crippen molar-refractivity contribution in [3.63, 3.8) is 0 Å². The minimum Gasteiger partial charge on any atom is -0.341 e. The van der Waals surface area contributed by atoms with Crippen LogP contribution in [0.4, 0.5) is 11.4 Å². The number of nitrogens with zero attached hydrogens (tertiary/aromatic N) is 1. The maximum Gasteiger partial charge on any atom is 0.0445 e. The number of fused-ring (bicyclic) bond motifs is 1. The lowest BCUT2D eigenvalue weighted by molar-refractivity contribution is 0.991. The van der Waals surface area contributed by atoms with Gasteiger partial charge in [-0.05, 0) is 47.9 Å². The molecule has 0 aliphatic carbocycles. The second-order valence-corrected chi connectivity index (χ2v) is 4.99. The SMILES string of the molecule is NCc1cccc(N2CCc3cc(Cl)ccc32)c1. The smallest absolute Gasteiger partial charge is 0.0445 e. The van der Waals surface area contributed by atoms with Crippen LogP contribution in [0.5, 0.6) is 0 Å². The lowest BCUT2D eigenvalue weighted by Gasteiger charge is -2.20. The number of nitrogens with two attached hydrogens (primary N) is 1. The van der Waals surface area contributed by atoms with Gasteiger partial charge in [0.2, 0.25) is 0 Å². The van der Waals surface area contributed by atoms with Crippen molar-refractivity contribution in [1.29, 1.82) is 0 Å². The number of benzene rings is 2. The van der Waals surface area contributed by atoms with E-state index < -0.39 is 0 Å². The summed E-state index contributed by atoms with van der Waals surface area (Å²) in [4.78, 5) is 2.32. The molecule has 2 aromatic carbocycles. The molecule has 1 heterocycles. The lowest BCUT2D eigenvalue weighted by Crippen LogP contribution is -2.13.